The third-order valence-electron chi connectivity index (χ3n) is 16.9. The molecule has 1 saturated heterocycles. The minimum absolute atomic E-state index is 0.0286. The van der Waals surface area contributed by atoms with Crippen molar-refractivity contribution in [2.24, 2.45) is 67.8 Å². The number of esters is 1. The molecule has 0 bridgehead atoms. The summed E-state index contributed by atoms with van der Waals surface area (Å²) < 4.78 is 6.29. The summed E-state index contributed by atoms with van der Waals surface area (Å²) in [6.07, 6.45) is 15.1. The number of nitrogens with two attached hydrogens (primary N) is 1. The Balaban J connectivity index is 1.22. The number of carbonyl (C=O) groups excluding carboxylic acids is 1. The Labute approximate surface area is 292 Å². The molecule has 0 aromatic rings. The van der Waals surface area contributed by atoms with Gasteiger partial charge in [0.05, 0.1) is 12.8 Å². The molecule has 0 amide bonds. The van der Waals surface area contributed by atoms with Crippen LogP contribution in [0.5, 0.6) is 0 Å². The van der Waals surface area contributed by atoms with Crippen molar-refractivity contribution in [3.8, 4) is 0 Å². The van der Waals surface area contributed by atoms with Gasteiger partial charge in [-0.15, -0.1) is 0 Å². The maximum atomic E-state index is 13.2. The van der Waals surface area contributed by atoms with Gasteiger partial charge in [-0.1, -0.05) is 60.6 Å². The van der Waals surface area contributed by atoms with E-state index >= 15 is 0 Å². The van der Waals surface area contributed by atoms with E-state index in [9.17, 15) is 14.7 Å². The van der Waals surface area contributed by atoms with Gasteiger partial charge in [0.15, 0.2) is 0 Å². The molecule has 48 heavy (non-hydrogen) atoms. The standard InChI is InChI=1S/C42H70N2O4/c1-27(2)29-12-18-42(21-23-44-22-15-28(43)26-44)20-19-40(8)30(36(29)42)10-11-32-39(7)16-14-33(38(5,6)31(39)13-17-41(32,40)9)48-35(47)25-37(3,4)24-34(45)46/h28-33,36H,1,10-26,43H2,2-9H3,(H,45,46)/t28?,29-,30+,31-,32+,33-,36+,39-,40+,41+,42+/m0/s1. The van der Waals surface area contributed by atoms with Gasteiger partial charge in [0.25, 0.3) is 0 Å². The topological polar surface area (TPSA) is 92.9 Å². The van der Waals surface area contributed by atoms with Crippen LogP contribution >= 0.6 is 0 Å². The van der Waals surface area contributed by atoms with Crippen molar-refractivity contribution in [2.75, 3.05) is 19.6 Å². The number of likely N-dealkylation sites (tertiary alicyclic amines) is 1. The Hall–Kier alpha value is -1.40. The lowest BCUT2D eigenvalue weighted by Gasteiger charge is -2.73. The van der Waals surface area contributed by atoms with Crippen molar-refractivity contribution < 1.29 is 19.4 Å². The molecular formula is C42H70N2O4. The average Bonchev–Trinajstić information content (AvgIpc) is 3.56. The van der Waals surface area contributed by atoms with Crippen LogP contribution in [-0.2, 0) is 14.3 Å². The Morgan fingerprint density at radius 3 is 2.27 bits per heavy atom. The summed E-state index contributed by atoms with van der Waals surface area (Å²) >= 11 is 0. The van der Waals surface area contributed by atoms with Gasteiger partial charge in [-0.05, 0) is 154 Å². The van der Waals surface area contributed by atoms with E-state index in [0.717, 1.165) is 37.6 Å². The van der Waals surface area contributed by atoms with E-state index in [1.807, 2.05) is 13.8 Å². The summed E-state index contributed by atoms with van der Waals surface area (Å²) in [6, 6.07) is 0.356. The number of allylic oxidation sites excluding steroid dienone is 1. The Bertz CT molecular complexity index is 1280. The van der Waals surface area contributed by atoms with Gasteiger partial charge in [-0.25, -0.2) is 0 Å². The highest BCUT2D eigenvalue weighted by atomic mass is 16.5. The zero-order valence-electron chi connectivity index (χ0n) is 32.0. The number of aliphatic carboxylic acids is 1. The first kappa shape index (κ1) is 36.4. The molecule has 3 N–H and O–H groups in total. The Morgan fingerprint density at radius 2 is 1.62 bits per heavy atom. The molecule has 6 fully saturated rings. The van der Waals surface area contributed by atoms with Gasteiger partial charge >= 0.3 is 11.9 Å². The number of carboxylic acid groups (broad SMARTS) is 1. The monoisotopic (exact) mass is 667 g/mol. The highest BCUT2D eigenvalue weighted by Gasteiger charge is 2.71. The molecule has 11 atom stereocenters. The maximum Gasteiger partial charge on any atom is 0.306 e. The smallest absolute Gasteiger partial charge is 0.306 e. The molecule has 1 unspecified atom stereocenters. The fourth-order valence-electron chi connectivity index (χ4n) is 14.4. The zero-order valence-corrected chi connectivity index (χ0v) is 32.0. The Morgan fingerprint density at radius 1 is 0.896 bits per heavy atom. The first-order valence-electron chi connectivity index (χ1n) is 19.8. The number of fused-ring (bicyclic) bond motifs is 7. The second-order valence-electron chi connectivity index (χ2n) is 20.4. The van der Waals surface area contributed by atoms with Crippen LogP contribution in [0.1, 0.15) is 145 Å². The lowest BCUT2D eigenvalue weighted by molar-refractivity contribution is -0.250. The van der Waals surface area contributed by atoms with Gasteiger partial charge in [-0.3, -0.25) is 9.59 Å². The van der Waals surface area contributed by atoms with E-state index in [1.54, 1.807) is 0 Å². The average molecular weight is 667 g/mol. The highest BCUT2D eigenvalue weighted by Crippen LogP contribution is 2.78. The van der Waals surface area contributed by atoms with E-state index in [1.165, 1.54) is 76.5 Å². The molecule has 6 nitrogen and oxygen atoms in total. The van der Waals surface area contributed by atoms with Crippen molar-refractivity contribution in [2.45, 2.75) is 157 Å². The van der Waals surface area contributed by atoms with Crippen molar-refractivity contribution in [1.29, 1.82) is 0 Å². The minimum atomic E-state index is -0.866. The predicted octanol–water partition coefficient (Wildman–Crippen LogP) is 8.87. The van der Waals surface area contributed by atoms with Crippen LogP contribution in [0.15, 0.2) is 12.2 Å². The molecule has 5 aliphatic carbocycles. The van der Waals surface area contributed by atoms with E-state index in [0.29, 0.717) is 40.0 Å². The van der Waals surface area contributed by atoms with Crippen molar-refractivity contribution in [3.05, 3.63) is 12.2 Å². The van der Waals surface area contributed by atoms with Crippen LogP contribution < -0.4 is 5.73 Å². The zero-order chi connectivity index (χ0) is 35.1. The minimum Gasteiger partial charge on any atom is -0.481 e. The van der Waals surface area contributed by atoms with Crippen LogP contribution in [0.3, 0.4) is 0 Å². The number of carbonyl (C=O) groups is 2. The number of rotatable bonds is 9. The van der Waals surface area contributed by atoms with Gasteiger partial charge in [0, 0.05) is 18.0 Å². The van der Waals surface area contributed by atoms with Crippen LogP contribution in [0.25, 0.3) is 0 Å². The largest absolute Gasteiger partial charge is 0.481 e. The number of hydrogen-bond acceptors (Lipinski definition) is 5. The molecular weight excluding hydrogens is 596 g/mol. The lowest BCUT2D eigenvalue weighted by Crippen LogP contribution is -2.66. The van der Waals surface area contributed by atoms with Gasteiger partial charge in [-0.2, -0.15) is 0 Å². The van der Waals surface area contributed by atoms with Crippen LogP contribution in [0.2, 0.25) is 0 Å². The summed E-state index contributed by atoms with van der Waals surface area (Å²) in [5.41, 5.74) is 8.34. The van der Waals surface area contributed by atoms with Crippen LogP contribution in [-0.4, -0.2) is 53.7 Å². The van der Waals surface area contributed by atoms with E-state index in [-0.39, 0.29) is 35.7 Å². The highest BCUT2D eigenvalue weighted by molar-refractivity contribution is 5.73. The molecule has 272 valence electrons. The van der Waals surface area contributed by atoms with Gasteiger partial charge < -0.3 is 20.5 Å². The molecule has 6 aliphatic rings. The van der Waals surface area contributed by atoms with E-state index in [4.69, 9.17) is 10.5 Å². The molecule has 6 rings (SSSR count). The molecule has 6 heteroatoms. The first-order valence-corrected chi connectivity index (χ1v) is 19.8. The molecule has 0 radical (unpaired) electrons. The van der Waals surface area contributed by atoms with Gasteiger partial charge in [0.2, 0.25) is 0 Å². The lowest BCUT2D eigenvalue weighted by atomic mass is 9.32. The summed E-state index contributed by atoms with van der Waals surface area (Å²) in [7, 11) is 0. The predicted molar refractivity (Wildman–Crippen MR) is 193 cm³/mol. The second-order valence-corrected chi connectivity index (χ2v) is 20.4. The molecule has 1 aliphatic heterocycles. The molecule has 0 aromatic heterocycles. The SMILES string of the molecule is C=C(C)[C@@H]1CC[C@]2(CCN3CCC(N)C3)CC[C@]3(C)[C@H](CC[C@@H]4[C@@]5(C)CC[C@H](OC(=O)CC(C)(C)CC(=O)O)C(C)(C)[C@@H]5CC[C@]43C)[C@@H]12. The molecule has 0 aromatic carbocycles. The van der Waals surface area contributed by atoms with Crippen molar-refractivity contribution in [3.63, 3.8) is 0 Å². The summed E-state index contributed by atoms with van der Waals surface area (Å²) in [5, 5.41) is 9.34. The third kappa shape index (κ3) is 5.83. The summed E-state index contributed by atoms with van der Waals surface area (Å²) in [4.78, 5) is 27.2. The quantitative estimate of drug-likeness (QED) is 0.189. The fourth-order valence-corrected chi connectivity index (χ4v) is 14.4. The molecule has 5 saturated carbocycles. The summed E-state index contributed by atoms with van der Waals surface area (Å²) in [6.45, 7) is 26.9. The maximum absolute atomic E-state index is 13.2. The normalized spacial score (nSPS) is 45.4. The number of carboxylic acids is 1. The number of hydrogen-bond donors (Lipinski definition) is 2. The van der Waals surface area contributed by atoms with Crippen LogP contribution in [0.4, 0.5) is 0 Å². The summed E-state index contributed by atoms with van der Waals surface area (Å²) in [5.74, 6) is 2.26. The van der Waals surface area contributed by atoms with Gasteiger partial charge in [0.1, 0.15) is 6.10 Å². The van der Waals surface area contributed by atoms with E-state index < -0.39 is 11.4 Å². The van der Waals surface area contributed by atoms with Crippen molar-refractivity contribution in [1.82, 2.24) is 4.90 Å². The van der Waals surface area contributed by atoms with E-state index in [2.05, 4.69) is 53.0 Å². The number of ether oxygens (including phenoxy) is 1. The molecule has 1 heterocycles. The third-order valence-corrected chi connectivity index (χ3v) is 16.9. The fraction of sp³-hybridized carbons (Fsp3) is 0.905. The van der Waals surface area contributed by atoms with Crippen molar-refractivity contribution >= 4 is 11.9 Å². The first-order chi connectivity index (χ1) is 22.3. The second kappa shape index (κ2) is 12.4. The number of nitrogens with zero attached hydrogens (tertiary/aromatic N) is 1. The molecule has 0 spiro atoms. The Kier molecular flexibility index (Phi) is 9.39. The van der Waals surface area contributed by atoms with Crippen LogP contribution in [0, 0.1) is 62.1 Å².